The molecule has 1 unspecified atom stereocenters. The highest BCUT2D eigenvalue weighted by atomic mass is 28.4. The monoisotopic (exact) mass is 266 g/mol. The van der Waals surface area contributed by atoms with E-state index in [1.807, 2.05) is 0 Å². The van der Waals surface area contributed by atoms with Crippen molar-refractivity contribution < 1.29 is 4.43 Å². The highest BCUT2D eigenvalue weighted by Gasteiger charge is 2.32. The molecule has 0 saturated carbocycles. The van der Waals surface area contributed by atoms with Crippen LogP contribution in [0, 0.1) is 0 Å². The molecule has 3 heteroatoms. The summed E-state index contributed by atoms with van der Waals surface area (Å²) in [4.78, 5) is 0. The molecule has 1 atom stereocenters. The normalized spacial score (nSPS) is 15.6. The Morgan fingerprint density at radius 2 is 1.53 bits per heavy atom. The van der Waals surface area contributed by atoms with Crippen molar-refractivity contribution in [3.8, 4) is 0 Å². The maximum absolute atomic E-state index is 6.17. The lowest BCUT2D eigenvalue weighted by atomic mass is 10.4. The Balaban J connectivity index is 2.82. The van der Waals surface area contributed by atoms with Crippen LogP contribution in [0.2, 0.25) is 38.3 Å². The van der Waals surface area contributed by atoms with Gasteiger partial charge in [0.1, 0.15) is 0 Å². The highest BCUT2D eigenvalue weighted by molar-refractivity contribution is 6.87. The molecule has 17 heavy (non-hydrogen) atoms. The fourth-order valence-corrected chi connectivity index (χ4v) is 9.07. The Labute approximate surface area is 108 Å². The van der Waals surface area contributed by atoms with E-state index >= 15 is 0 Å². The van der Waals surface area contributed by atoms with Crippen molar-refractivity contribution in [2.24, 2.45) is 0 Å². The van der Waals surface area contributed by atoms with Gasteiger partial charge >= 0.3 is 0 Å². The van der Waals surface area contributed by atoms with E-state index in [0.717, 1.165) is 6.61 Å². The Morgan fingerprint density at radius 1 is 0.941 bits per heavy atom. The van der Waals surface area contributed by atoms with E-state index in [1.165, 1.54) is 17.3 Å². The molecule has 1 aromatic carbocycles. The van der Waals surface area contributed by atoms with Crippen molar-refractivity contribution in [3.05, 3.63) is 30.3 Å². The molecule has 0 aromatic heterocycles. The minimum Gasteiger partial charge on any atom is -0.413 e. The molecule has 1 rings (SSSR count). The summed E-state index contributed by atoms with van der Waals surface area (Å²) in [6, 6.07) is 13.5. The molecule has 0 spiro atoms. The third-order valence-electron chi connectivity index (χ3n) is 3.20. The first-order valence-electron chi connectivity index (χ1n) is 6.57. The molecule has 0 aliphatic rings. The zero-order valence-electron chi connectivity index (χ0n) is 11.9. The quantitative estimate of drug-likeness (QED) is 0.711. The summed E-state index contributed by atoms with van der Waals surface area (Å²) in [5.74, 6) is 0. The maximum Gasteiger partial charge on any atom is 0.220 e. The minimum absolute atomic E-state index is 0.837. The smallest absolute Gasteiger partial charge is 0.220 e. The Morgan fingerprint density at radius 3 is 2.00 bits per heavy atom. The molecule has 0 amide bonds. The summed E-state index contributed by atoms with van der Waals surface area (Å²) >= 11 is 0. The Bertz CT molecular complexity index is 332. The maximum atomic E-state index is 6.17. The van der Waals surface area contributed by atoms with Gasteiger partial charge in [-0.25, -0.2) is 0 Å². The van der Waals surface area contributed by atoms with Gasteiger partial charge in [0.15, 0.2) is 0 Å². The molecule has 0 N–H and O–H groups in total. The van der Waals surface area contributed by atoms with E-state index in [2.05, 4.69) is 63.4 Å². The Kier molecular flexibility index (Phi) is 5.16. The lowest BCUT2D eigenvalue weighted by Crippen LogP contribution is -2.48. The minimum atomic E-state index is -1.70. The lowest BCUT2D eigenvalue weighted by molar-refractivity contribution is 0.334. The Hall–Kier alpha value is -0.386. The fraction of sp³-hybridized carbons (Fsp3) is 0.571. The van der Waals surface area contributed by atoms with Crippen LogP contribution in [-0.2, 0) is 4.43 Å². The molecule has 0 radical (unpaired) electrons. The van der Waals surface area contributed by atoms with E-state index in [-0.39, 0.29) is 0 Å². The van der Waals surface area contributed by atoms with Crippen LogP contribution in [0.4, 0.5) is 0 Å². The number of rotatable bonds is 6. The van der Waals surface area contributed by atoms with Crippen molar-refractivity contribution in [3.63, 3.8) is 0 Å². The zero-order chi connectivity index (χ0) is 12.9. The third kappa shape index (κ3) is 4.78. The van der Waals surface area contributed by atoms with E-state index in [4.69, 9.17) is 4.43 Å². The standard InChI is InChI=1S/C14H26OSi2/c1-6-15-17(5,13-12-16(2,3)4)14-10-8-7-9-11-14/h7-11H,6,12-13H2,1-5H3. The van der Waals surface area contributed by atoms with Crippen molar-refractivity contribution in [1.82, 2.24) is 0 Å². The molecule has 96 valence electrons. The van der Waals surface area contributed by atoms with Crippen molar-refractivity contribution >= 4 is 21.6 Å². The van der Waals surface area contributed by atoms with Gasteiger partial charge < -0.3 is 4.43 Å². The van der Waals surface area contributed by atoms with Gasteiger partial charge in [-0.05, 0) is 24.7 Å². The molecular formula is C14H26OSi2. The molecule has 0 aliphatic carbocycles. The molecule has 1 nitrogen and oxygen atoms in total. The summed E-state index contributed by atoms with van der Waals surface area (Å²) in [7, 11) is -2.67. The molecule has 0 fully saturated rings. The summed E-state index contributed by atoms with van der Waals surface area (Å²) < 4.78 is 6.17. The average molecular weight is 267 g/mol. The summed E-state index contributed by atoms with van der Waals surface area (Å²) in [6.07, 6.45) is 0. The summed E-state index contributed by atoms with van der Waals surface area (Å²) in [5, 5.41) is 1.44. The third-order valence-corrected chi connectivity index (χ3v) is 9.13. The second kappa shape index (κ2) is 5.98. The zero-order valence-corrected chi connectivity index (χ0v) is 13.9. The van der Waals surface area contributed by atoms with Gasteiger partial charge in [-0.1, -0.05) is 56.0 Å². The van der Waals surface area contributed by atoms with E-state index in [9.17, 15) is 0 Å². The lowest BCUT2D eigenvalue weighted by Gasteiger charge is -2.30. The van der Waals surface area contributed by atoms with Gasteiger partial charge in [-0.2, -0.15) is 0 Å². The second-order valence-corrected chi connectivity index (χ2v) is 15.5. The molecule has 0 bridgehead atoms. The molecule has 0 heterocycles. The van der Waals surface area contributed by atoms with Crippen LogP contribution in [0.3, 0.4) is 0 Å². The summed E-state index contributed by atoms with van der Waals surface area (Å²) in [6.45, 7) is 12.6. The predicted octanol–water partition coefficient (Wildman–Crippen LogP) is 3.84. The van der Waals surface area contributed by atoms with Gasteiger partial charge in [0.25, 0.3) is 0 Å². The van der Waals surface area contributed by atoms with Crippen LogP contribution < -0.4 is 5.19 Å². The van der Waals surface area contributed by atoms with Crippen molar-refractivity contribution in [2.45, 2.75) is 45.2 Å². The number of benzene rings is 1. The predicted molar refractivity (Wildman–Crippen MR) is 82.3 cm³/mol. The number of hydrogen-bond donors (Lipinski definition) is 0. The van der Waals surface area contributed by atoms with Gasteiger partial charge in [-0.15, -0.1) is 0 Å². The first kappa shape index (κ1) is 14.7. The van der Waals surface area contributed by atoms with E-state index in [1.54, 1.807) is 0 Å². The highest BCUT2D eigenvalue weighted by Crippen LogP contribution is 2.21. The molecule has 0 saturated heterocycles. The van der Waals surface area contributed by atoms with Crippen LogP contribution in [0.1, 0.15) is 6.92 Å². The number of hydrogen-bond acceptors (Lipinski definition) is 1. The first-order chi connectivity index (χ1) is 7.87. The van der Waals surface area contributed by atoms with Crippen LogP contribution >= 0.6 is 0 Å². The van der Waals surface area contributed by atoms with Crippen molar-refractivity contribution in [1.29, 1.82) is 0 Å². The largest absolute Gasteiger partial charge is 0.413 e. The van der Waals surface area contributed by atoms with Crippen LogP contribution in [0.5, 0.6) is 0 Å². The van der Waals surface area contributed by atoms with E-state index in [0.29, 0.717) is 0 Å². The average Bonchev–Trinajstić information content (AvgIpc) is 2.27. The van der Waals surface area contributed by atoms with Crippen LogP contribution in [0.25, 0.3) is 0 Å². The van der Waals surface area contributed by atoms with Crippen LogP contribution in [-0.4, -0.2) is 23.0 Å². The fourth-order valence-electron chi connectivity index (χ4n) is 2.02. The van der Waals surface area contributed by atoms with Gasteiger partial charge in [0.2, 0.25) is 8.32 Å². The van der Waals surface area contributed by atoms with E-state index < -0.39 is 16.4 Å². The van der Waals surface area contributed by atoms with Crippen LogP contribution in [0.15, 0.2) is 30.3 Å². The van der Waals surface area contributed by atoms with Gasteiger partial charge in [0.05, 0.1) is 0 Å². The van der Waals surface area contributed by atoms with Gasteiger partial charge in [-0.3, -0.25) is 0 Å². The molecule has 0 aliphatic heterocycles. The second-order valence-electron chi connectivity index (χ2n) is 6.09. The molecule has 1 aromatic rings. The van der Waals surface area contributed by atoms with Gasteiger partial charge in [0, 0.05) is 14.7 Å². The first-order valence-corrected chi connectivity index (χ1v) is 12.9. The molecular weight excluding hydrogens is 240 g/mol. The SMILES string of the molecule is CCO[Si](C)(CC[Si](C)(C)C)c1ccccc1. The van der Waals surface area contributed by atoms with Crippen molar-refractivity contribution in [2.75, 3.05) is 6.61 Å². The summed E-state index contributed by atoms with van der Waals surface area (Å²) in [5.41, 5.74) is 0. The topological polar surface area (TPSA) is 9.23 Å².